The van der Waals surface area contributed by atoms with Crippen LogP contribution in [0.4, 0.5) is 26.3 Å². The molecular formula is C41H24F6N2S2. The molecular weight excluding hydrogens is 699 g/mol. The zero-order valence-corrected chi connectivity index (χ0v) is 28.5. The molecule has 1 aliphatic carbocycles. The van der Waals surface area contributed by atoms with E-state index in [0.29, 0.717) is 11.1 Å². The van der Waals surface area contributed by atoms with Gasteiger partial charge in [-0.3, -0.25) is 9.97 Å². The lowest BCUT2D eigenvalue weighted by Gasteiger charge is -2.25. The zero-order valence-electron chi connectivity index (χ0n) is 26.9. The molecule has 0 radical (unpaired) electrons. The Kier molecular flexibility index (Phi) is 8.71. The van der Waals surface area contributed by atoms with E-state index in [4.69, 9.17) is 0 Å². The number of rotatable bonds is 4. The van der Waals surface area contributed by atoms with E-state index in [0.717, 1.165) is 45.2 Å². The van der Waals surface area contributed by atoms with Crippen molar-refractivity contribution < 1.29 is 26.3 Å². The van der Waals surface area contributed by atoms with Gasteiger partial charge in [-0.05, 0) is 85.6 Å². The predicted octanol–water partition coefficient (Wildman–Crippen LogP) is 11.2. The van der Waals surface area contributed by atoms with Crippen LogP contribution in [-0.2, 0) is 0 Å². The number of alkyl halides is 6. The third-order valence-corrected chi connectivity index (χ3v) is 10.3. The van der Waals surface area contributed by atoms with E-state index in [2.05, 4.69) is 33.6 Å². The Morgan fingerprint density at radius 3 is 1.33 bits per heavy atom. The van der Waals surface area contributed by atoms with E-state index >= 15 is 26.3 Å². The first-order chi connectivity index (χ1) is 24.4. The lowest BCUT2D eigenvalue weighted by Crippen LogP contribution is -2.48. The molecule has 252 valence electrons. The highest BCUT2D eigenvalue weighted by Gasteiger charge is 2.80. The molecule has 0 bridgehead atoms. The fourth-order valence-corrected chi connectivity index (χ4v) is 7.62. The highest BCUT2D eigenvalue weighted by Crippen LogP contribution is 2.65. The maximum Gasteiger partial charge on any atom is 0.380 e. The number of allylic oxidation sites excluding steroid dienone is 2. The summed E-state index contributed by atoms with van der Waals surface area (Å²) in [5.41, 5.74) is 0.676. The first kappa shape index (κ1) is 34.0. The maximum atomic E-state index is 15.7. The van der Waals surface area contributed by atoms with Gasteiger partial charge in [0, 0.05) is 55.5 Å². The van der Waals surface area contributed by atoms with Crippen LogP contribution in [-0.4, -0.2) is 27.7 Å². The van der Waals surface area contributed by atoms with Crippen LogP contribution in [0.3, 0.4) is 0 Å². The Hall–Kier alpha value is -5.42. The number of aryl methyl sites for hydroxylation is 2. The van der Waals surface area contributed by atoms with Gasteiger partial charge in [0.1, 0.15) is 0 Å². The molecule has 10 heteroatoms. The summed E-state index contributed by atoms with van der Waals surface area (Å²) < 4.78 is 93.0. The van der Waals surface area contributed by atoms with Crippen molar-refractivity contribution in [2.45, 2.75) is 31.6 Å². The molecule has 6 aromatic rings. The van der Waals surface area contributed by atoms with Gasteiger partial charge in [-0.25, -0.2) is 0 Å². The molecule has 51 heavy (non-hydrogen) atoms. The van der Waals surface area contributed by atoms with Crippen molar-refractivity contribution in [2.75, 3.05) is 0 Å². The third-order valence-electron chi connectivity index (χ3n) is 8.35. The van der Waals surface area contributed by atoms with Gasteiger partial charge in [0.2, 0.25) is 0 Å². The third kappa shape index (κ3) is 6.16. The molecule has 4 aromatic heterocycles. The standard InChI is InChI=1S/C41H24F6N2S2/c1-25-33(23-31(50-25)17-15-27-9-7-11-29(21-27)35-13-3-5-19-48-35)37-38(40(44,45)41(46,47)39(37,42)43)34-24-32(51-26(34)2)18-16-28-10-8-12-30(22-28)36-14-4-6-20-49-36/h3-14,19-24H,1-2H3. The van der Waals surface area contributed by atoms with Gasteiger partial charge in [0.25, 0.3) is 0 Å². The van der Waals surface area contributed by atoms with Crippen LogP contribution >= 0.6 is 22.7 Å². The minimum Gasteiger partial charge on any atom is -0.256 e. The van der Waals surface area contributed by atoms with Gasteiger partial charge in [-0.1, -0.05) is 60.1 Å². The predicted molar refractivity (Wildman–Crippen MR) is 191 cm³/mol. The summed E-state index contributed by atoms with van der Waals surface area (Å²) in [5, 5.41) is 0. The van der Waals surface area contributed by atoms with Gasteiger partial charge < -0.3 is 0 Å². The van der Waals surface area contributed by atoms with Crippen LogP contribution in [0.5, 0.6) is 0 Å². The summed E-state index contributed by atoms with van der Waals surface area (Å²) in [5.74, 6) is -4.30. The molecule has 0 spiro atoms. The lowest BCUT2D eigenvalue weighted by molar-refractivity contribution is -0.254. The van der Waals surface area contributed by atoms with Crippen molar-refractivity contribution in [3.05, 3.63) is 151 Å². The average Bonchev–Trinajstić information content (AvgIpc) is 3.72. The van der Waals surface area contributed by atoms with Gasteiger partial charge >= 0.3 is 17.8 Å². The minimum absolute atomic E-state index is 0.155. The van der Waals surface area contributed by atoms with Crippen LogP contribution in [0.2, 0.25) is 0 Å². The van der Waals surface area contributed by atoms with Crippen molar-refractivity contribution in [2.24, 2.45) is 0 Å². The Morgan fingerprint density at radius 2 is 0.941 bits per heavy atom. The Morgan fingerprint density at radius 1 is 0.510 bits per heavy atom. The molecule has 0 saturated carbocycles. The normalized spacial score (nSPS) is 15.5. The number of hydrogen-bond acceptors (Lipinski definition) is 4. The van der Waals surface area contributed by atoms with E-state index in [9.17, 15) is 0 Å². The highest BCUT2D eigenvalue weighted by molar-refractivity contribution is 7.13. The molecule has 1 aliphatic rings. The second-order valence-corrected chi connectivity index (χ2v) is 14.2. The van der Waals surface area contributed by atoms with E-state index in [-0.39, 0.29) is 19.5 Å². The smallest absolute Gasteiger partial charge is 0.256 e. The summed E-state index contributed by atoms with van der Waals surface area (Å²) >= 11 is 1.93. The van der Waals surface area contributed by atoms with Crippen molar-refractivity contribution >= 4 is 33.8 Å². The second-order valence-electron chi connectivity index (χ2n) is 11.7. The van der Waals surface area contributed by atoms with Crippen molar-refractivity contribution in [3.8, 4) is 46.2 Å². The maximum absolute atomic E-state index is 15.7. The average molecular weight is 723 g/mol. The molecule has 0 unspecified atom stereocenters. The summed E-state index contributed by atoms with van der Waals surface area (Å²) in [6, 6.07) is 27.8. The van der Waals surface area contributed by atoms with Crippen molar-refractivity contribution in [3.63, 3.8) is 0 Å². The second kappa shape index (κ2) is 13.0. The number of benzene rings is 2. The van der Waals surface area contributed by atoms with Crippen LogP contribution in [0.15, 0.2) is 109 Å². The molecule has 0 atom stereocenters. The molecule has 2 nitrogen and oxygen atoms in total. The first-order valence-electron chi connectivity index (χ1n) is 15.5. The van der Waals surface area contributed by atoms with Gasteiger partial charge in [-0.2, -0.15) is 26.3 Å². The number of thiophene rings is 2. The molecule has 7 rings (SSSR count). The molecule has 0 N–H and O–H groups in total. The number of aromatic nitrogens is 2. The molecule has 2 aromatic carbocycles. The van der Waals surface area contributed by atoms with Gasteiger partial charge in [0.15, 0.2) is 0 Å². The summed E-state index contributed by atoms with van der Waals surface area (Å²) in [6.07, 6.45) is 3.32. The fraction of sp³-hybridized carbons (Fsp3) is 0.122. The Bertz CT molecular complexity index is 2270. The van der Waals surface area contributed by atoms with Gasteiger partial charge in [0.05, 0.1) is 21.1 Å². The van der Waals surface area contributed by atoms with E-state index in [1.54, 1.807) is 60.9 Å². The molecule has 4 heterocycles. The molecule has 0 fully saturated rings. The fourth-order valence-electron chi connectivity index (χ4n) is 5.86. The topological polar surface area (TPSA) is 25.8 Å². The van der Waals surface area contributed by atoms with Crippen LogP contribution < -0.4 is 0 Å². The summed E-state index contributed by atoms with van der Waals surface area (Å²) in [7, 11) is 0. The molecule has 0 aliphatic heterocycles. The van der Waals surface area contributed by atoms with Crippen molar-refractivity contribution in [1.29, 1.82) is 0 Å². The quantitative estimate of drug-likeness (QED) is 0.134. The van der Waals surface area contributed by atoms with Crippen LogP contribution in [0, 0.1) is 37.5 Å². The highest BCUT2D eigenvalue weighted by atomic mass is 32.1. The van der Waals surface area contributed by atoms with Crippen LogP contribution in [0.25, 0.3) is 33.7 Å². The van der Waals surface area contributed by atoms with E-state index < -0.39 is 40.0 Å². The largest absolute Gasteiger partial charge is 0.380 e. The number of pyridine rings is 2. The summed E-state index contributed by atoms with van der Waals surface area (Å²) in [6.45, 7) is 2.86. The van der Waals surface area contributed by atoms with E-state index in [1.165, 1.54) is 26.0 Å². The monoisotopic (exact) mass is 722 g/mol. The minimum atomic E-state index is -5.68. The SMILES string of the molecule is Cc1sc(C#Cc2cccc(-c3ccccn3)c2)cc1C1=C(c2cc(C#Cc3cccc(-c4ccccn4)c3)sc2C)C(F)(F)C(F)(F)C1(F)F. The van der Waals surface area contributed by atoms with Gasteiger partial charge in [-0.15, -0.1) is 22.7 Å². The summed E-state index contributed by atoms with van der Waals surface area (Å²) in [4.78, 5) is 9.48. The lowest BCUT2D eigenvalue weighted by atomic mass is 9.95. The van der Waals surface area contributed by atoms with Crippen LogP contribution in [0.1, 0.15) is 41.8 Å². The van der Waals surface area contributed by atoms with E-state index in [1.807, 2.05) is 36.4 Å². The number of nitrogens with zero attached hydrogens (tertiary/aromatic N) is 2. The zero-order chi connectivity index (χ0) is 36.0. The molecule has 0 saturated heterocycles. The Labute approximate surface area is 298 Å². The molecule has 0 amide bonds. The number of hydrogen-bond donors (Lipinski definition) is 0. The Balaban J connectivity index is 1.28. The first-order valence-corrected chi connectivity index (χ1v) is 17.2. The number of halogens is 6. The van der Waals surface area contributed by atoms with Crippen molar-refractivity contribution in [1.82, 2.24) is 9.97 Å².